The number of aliphatic hydroxyl groups is 1. The van der Waals surface area contributed by atoms with Crippen LogP contribution in [0.5, 0.6) is 0 Å². The predicted molar refractivity (Wildman–Crippen MR) is 135 cm³/mol. The van der Waals surface area contributed by atoms with Crippen LogP contribution in [0.15, 0.2) is 41.4 Å². The average Bonchev–Trinajstić information content (AvgIpc) is 3.53. The first kappa shape index (κ1) is 27.9. The Balaban J connectivity index is 1.52. The second-order valence-electron chi connectivity index (χ2n) is 9.32. The topological polar surface area (TPSA) is 98.9 Å². The summed E-state index contributed by atoms with van der Waals surface area (Å²) in [6.45, 7) is -0.00285. The third-order valence-electron chi connectivity index (χ3n) is 6.59. The Hall–Kier alpha value is -2.68. The van der Waals surface area contributed by atoms with Crippen molar-refractivity contribution >= 4 is 29.3 Å². The van der Waals surface area contributed by atoms with Crippen LogP contribution < -0.4 is 0 Å². The van der Waals surface area contributed by atoms with Gasteiger partial charge in [0.15, 0.2) is 17.5 Å². The molecule has 2 fully saturated rings. The maximum atomic E-state index is 13.9. The minimum Gasteiger partial charge on any atom is -0.388 e. The molecule has 0 radical (unpaired) electrons. The van der Waals surface area contributed by atoms with Gasteiger partial charge in [0.2, 0.25) is 0 Å². The average molecular weight is 585 g/mol. The van der Waals surface area contributed by atoms with E-state index in [1.54, 1.807) is 32.3 Å². The van der Waals surface area contributed by atoms with Crippen molar-refractivity contribution in [2.45, 2.75) is 40.8 Å². The highest BCUT2D eigenvalue weighted by atomic mass is 35.5. The molecular weight excluding hydrogens is 561 g/mol. The second-order valence-corrected chi connectivity index (χ2v) is 10.9. The smallest absolute Gasteiger partial charge is 0.254 e. The number of amides is 1. The van der Waals surface area contributed by atoms with Crippen molar-refractivity contribution in [2.24, 2.45) is 0 Å². The number of ether oxygens (including phenoxy) is 3. The van der Waals surface area contributed by atoms with Crippen LogP contribution in [0.1, 0.15) is 16.4 Å². The number of carbonyl (C=O) groups excluding carboxylic acids is 1. The molecule has 1 N–H and O–H groups in total. The second kappa shape index (κ2) is 11.1. The lowest BCUT2D eigenvalue weighted by Crippen LogP contribution is -2.55. The van der Waals surface area contributed by atoms with Gasteiger partial charge in [0.25, 0.3) is 5.91 Å². The fraction of sp³-hybridized carbons (Fsp3) is 0.400. The molecule has 2 saturated heterocycles. The maximum Gasteiger partial charge on any atom is 0.254 e. The molecule has 5 rings (SSSR count). The van der Waals surface area contributed by atoms with Crippen molar-refractivity contribution in [3.8, 4) is 11.3 Å². The van der Waals surface area contributed by atoms with Crippen LogP contribution >= 0.6 is 23.4 Å². The molecule has 9 nitrogen and oxygen atoms in total. The van der Waals surface area contributed by atoms with Crippen molar-refractivity contribution < 1.29 is 37.3 Å². The minimum atomic E-state index is -1.58. The van der Waals surface area contributed by atoms with E-state index in [1.165, 1.54) is 34.7 Å². The Morgan fingerprint density at radius 1 is 1.21 bits per heavy atom. The minimum absolute atomic E-state index is 0.00285. The summed E-state index contributed by atoms with van der Waals surface area (Å²) in [5.74, 6) is -4.54. The van der Waals surface area contributed by atoms with Gasteiger partial charge in [-0.25, -0.2) is 17.9 Å². The molecule has 1 amide bonds. The van der Waals surface area contributed by atoms with Crippen LogP contribution in [-0.2, 0) is 14.2 Å². The number of hydrogen-bond donors (Lipinski definition) is 1. The molecule has 6 atom stereocenters. The Morgan fingerprint density at radius 2 is 1.92 bits per heavy atom. The van der Waals surface area contributed by atoms with Gasteiger partial charge in [-0.1, -0.05) is 28.6 Å². The molecule has 2 aliphatic heterocycles. The van der Waals surface area contributed by atoms with Crippen LogP contribution in [-0.4, -0.2) is 88.6 Å². The number of aromatic nitrogens is 3. The van der Waals surface area contributed by atoms with Crippen LogP contribution in [0, 0.1) is 17.5 Å². The molecule has 39 heavy (non-hydrogen) atoms. The number of thioether (sulfide) groups is 1. The summed E-state index contributed by atoms with van der Waals surface area (Å²) in [6, 6.07) is 5.83. The number of nitrogens with zero attached hydrogens (tertiary/aromatic N) is 4. The monoisotopic (exact) mass is 584 g/mol. The van der Waals surface area contributed by atoms with E-state index in [0.29, 0.717) is 15.5 Å². The molecule has 4 unspecified atom stereocenters. The third-order valence-corrected chi connectivity index (χ3v) is 8.02. The van der Waals surface area contributed by atoms with Gasteiger partial charge in [-0.2, -0.15) is 0 Å². The molecule has 2 aliphatic rings. The quantitative estimate of drug-likeness (QED) is 0.439. The normalized spacial score (nSPS) is 26.5. The molecule has 3 heterocycles. The lowest BCUT2D eigenvalue weighted by atomic mass is 9.96. The molecule has 0 aliphatic carbocycles. The Bertz CT molecular complexity index is 1370. The van der Waals surface area contributed by atoms with Gasteiger partial charge in [-0.15, -0.1) is 5.10 Å². The van der Waals surface area contributed by atoms with E-state index in [1.807, 2.05) is 0 Å². The zero-order chi connectivity index (χ0) is 28.0. The van der Waals surface area contributed by atoms with Crippen molar-refractivity contribution in [1.29, 1.82) is 0 Å². The SMILES string of the molecule is COC1C(n2cc(-c3cc(F)c(F)c(F)c3)nn2)[C@H]2OCC(O)C2O[C@@H]1Sc1cc(Cl)ccc1C(=O)N(C)C. The number of halogens is 4. The number of fused-ring (bicyclic) bond motifs is 1. The molecule has 0 bridgehead atoms. The highest BCUT2D eigenvalue weighted by Gasteiger charge is 2.54. The van der Waals surface area contributed by atoms with Crippen molar-refractivity contribution in [3.63, 3.8) is 0 Å². The van der Waals surface area contributed by atoms with Crippen molar-refractivity contribution in [1.82, 2.24) is 19.9 Å². The molecule has 3 aromatic rings. The first-order valence-corrected chi connectivity index (χ1v) is 13.1. The molecular formula is C25H24ClF3N4O5S. The largest absolute Gasteiger partial charge is 0.388 e. The lowest BCUT2D eigenvalue weighted by molar-refractivity contribution is -0.170. The number of carbonyl (C=O) groups is 1. The first-order chi connectivity index (χ1) is 18.6. The summed E-state index contributed by atoms with van der Waals surface area (Å²) in [7, 11) is 4.73. The van der Waals surface area contributed by atoms with Gasteiger partial charge in [0.05, 0.1) is 18.4 Å². The van der Waals surface area contributed by atoms with E-state index in [2.05, 4.69) is 10.3 Å². The van der Waals surface area contributed by atoms with E-state index in [0.717, 1.165) is 12.1 Å². The number of rotatable bonds is 6. The van der Waals surface area contributed by atoms with Crippen molar-refractivity contribution in [2.75, 3.05) is 27.8 Å². The van der Waals surface area contributed by atoms with E-state index < -0.39 is 53.3 Å². The maximum absolute atomic E-state index is 13.9. The molecule has 208 valence electrons. The highest BCUT2D eigenvalue weighted by molar-refractivity contribution is 8.00. The molecule has 0 saturated carbocycles. The number of benzene rings is 2. The van der Waals surface area contributed by atoms with Crippen molar-refractivity contribution in [3.05, 3.63) is 64.6 Å². The zero-order valence-corrected chi connectivity index (χ0v) is 22.5. The van der Waals surface area contributed by atoms with Gasteiger partial charge in [-0.05, 0) is 30.3 Å². The molecule has 0 spiro atoms. The van der Waals surface area contributed by atoms with Crippen LogP contribution in [0.2, 0.25) is 5.02 Å². The number of methoxy groups -OCH3 is 1. The molecule has 1 aromatic heterocycles. The van der Waals surface area contributed by atoms with Gasteiger partial charge in [0.1, 0.15) is 41.6 Å². The number of hydrogen-bond acceptors (Lipinski definition) is 8. The van der Waals surface area contributed by atoms with Crippen LogP contribution in [0.25, 0.3) is 11.3 Å². The first-order valence-electron chi connectivity index (χ1n) is 11.8. The van der Waals surface area contributed by atoms with Gasteiger partial charge in [-0.3, -0.25) is 4.79 Å². The van der Waals surface area contributed by atoms with E-state index in [-0.39, 0.29) is 23.8 Å². The zero-order valence-electron chi connectivity index (χ0n) is 20.9. The third kappa shape index (κ3) is 5.26. The summed E-state index contributed by atoms with van der Waals surface area (Å²) < 4.78 is 60.5. The van der Waals surface area contributed by atoms with Gasteiger partial charge >= 0.3 is 0 Å². The summed E-state index contributed by atoms with van der Waals surface area (Å²) in [5.41, 5.74) is -0.294. The Kier molecular flexibility index (Phi) is 7.91. The van der Waals surface area contributed by atoms with E-state index in [4.69, 9.17) is 25.8 Å². The van der Waals surface area contributed by atoms with E-state index in [9.17, 15) is 23.1 Å². The highest BCUT2D eigenvalue weighted by Crippen LogP contribution is 2.44. The summed E-state index contributed by atoms with van der Waals surface area (Å²) in [6.07, 6.45) is -1.76. The van der Waals surface area contributed by atoms with Gasteiger partial charge < -0.3 is 24.2 Å². The fourth-order valence-corrected chi connectivity index (χ4v) is 6.26. The Labute approximate surface area is 230 Å². The lowest BCUT2D eigenvalue weighted by Gasteiger charge is -2.43. The van der Waals surface area contributed by atoms with Crippen LogP contribution in [0.4, 0.5) is 13.2 Å². The number of aliphatic hydroxyl groups excluding tert-OH is 1. The summed E-state index contributed by atoms with van der Waals surface area (Å²) in [5, 5.41) is 19.2. The summed E-state index contributed by atoms with van der Waals surface area (Å²) >= 11 is 7.44. The Morgan fingerprint density at radius 3 is 2.59 bits per heavy atom. The van der Waals surface area contributed by atoms with Gasteiger partial charge in [0, 0.05) is 36.7 Å². The molecule has 2 aromatic carbocycles. The van der Waals surface area contributed by atoms with E-state index >= 15 is 0 Å². The fourth-order valence-electron chi connectivity index (χ4n) is 4.70. The standard InChI is InChI=1S/C25H24ClF3N4O5S/c1-32(2)24(35)13-5-4-12(26)8-18(13)39-25-23(36-3)20(22-21(38-25)17(34)10-37-22)33-9-16(30-31-33)11-6-14(27)19(29)15(28)7-11/h4-9,17,20-23,25,34H,10H2,1-3H3/t17?,20?,21?,22-,23?,25-/m1/s1. The van der Waals surface area contributed by atoms with Crippen LogP contribution in [0.3, 0.4) is 0 Å². The molecule has 14 heteroatoms. The predicted octanol–water partition coefficient (Wildman–Crippen LogP) is 3.55. The summed E-state index contributed by atoms with van der Waals surface area (Å²) in [4.78, 5) is 14.8.